The van der Waals surface area contributed by atoms with Gasteiger partial charge < -0.3 is 25.2 Å². The lowest BCUT2D eigenvalue weighted by Gasteiger charge is -2.42. The number of carbonyl (C=O) groups is 1. The quantitative estimate of drug-likeness (QED) is 0.727. The third-order valence-electron chi connectivity index (χ3n) is 6.08. The summed E-state index contributed by atoms with van der Waals surface area (Å²) < 4.78 is 10.9. The van der Waals surface area contributed by atoms with E-state index in [4.69, 9.17) is 15.2 Å². The van der Waals surface area contributed by atoms with Gasteiger partial charge in [-0.15, -0.1) is 0 Å². The average Bonchev–Trinajstić information content (AvgIpc) is 2.72. The second-order valence-electron chi connectivity index (χ2n) is 7.97. The lowest BCUT2D eigenvalue weighted by Crippen LogP contribution is -2.59. The zero-order valence-corrected chi connectivity index (χ0v) is 17.0. The van der Waals surface area contributed by atoms with Crippen LogP contribution in [0.3, 0.4) is 0 Å². The predicted molar refractivity (Wildman–Crippen MR) is 107 cm³/mol. The second-order valence-corrected chi connectivity index (χ2v) is 7.97. The molecule has 156 valence electrons. The largest absolute Gasteiger partial charge is 0.493 e. The van der Waals surface area contributed by atoms with Gasteiger partial charge in [-0.2, -0.15) is 0 Å². The second kappa shape index (κ2) is 9.11. The molecule has 1 amide bonds. The van der Waals surface area contributed by atoms with Crippen molar-refractivity contribution < 1.29 is 19.4 Å². The van der Waals surface area contributed by atoms with E-state index < -0.39 is 5.60 Å². The number of ether oxygens (including phenoxy) is 2. The Morgan fingerprint density at radius 3 is 2.61 bits per heavy atom. The summed E-state index contributed by atoms with van der Waals surface area (Å²) in [6.07, 6.45) is 3.36. The van der Waals surface area contributed by atoms with Crippen molar-refractivity contribution in [3.63, 3.8) is 0 Å². The maximum Gasteiger partial charge on any atom is 0.256 e. The minimum Gasteiger partial charge on any atom is -0.493 e. The number of rotatable bonds is 7. The van der Waals surface area contributed by atoms with Gasteiger partial charge in [-0.25, -0.2) is 0 Å². The van der Waals surface area contributed by atoms with Gasteiger partial charge in [0.15, 0.2) is 17.1 Å². The number of para-hydroxylation sites is 1. The van der Waals surface area contributed by atoms with Crippen LogP contribution in [0.4, 0.5) is 0 Å². The SMILES string of the molecule is COc1cccc(CN2CCCC(O)(CN3CCC(CN)CC3)C2=O)c1OC. The Bertz CT molecular complexity index is 676. The molecule has 2 saturated heterocycles. The molecule has 2 aliphatic heterocycles. The van der Waals surface area contributed by atoms with E-state index in [2.05, 4.69) is 4.90 Å². The molecule has 0 aromatic heterocycles. The summed E-state index contributed by atoms with van der Waals surface area (Å²) in [5.74, 6) is 1.65. The summed E-state index contributed by atoms with van der Waals surface area (Å²) in [4.78, 5) is 17.1. The standard InChI is InChI=1S/C21H33N3O4/c1-27-18-6-3-5-17(19(18)28-2)14-24-10-4-9-21(26,20(24)25)15-23-11-7-16(13-22)8-12-23/h3,5-6,16,26H,4,7-15,22H2,1-2H3. The van der Waals surface area contributed by atoms with Crippen molar-refractivity contribution in [1.82, 2.24) is 9.80 Å². The van der Waals surface area contributed by atoms with Crippen LogP contribution in [0.25, 0.3) is 0 Å². The van der Waals surface area contributed by atoms with E-state index in [9.17, 15) is 9.90 Å². The van der Waals surface area contributed by atoms with Crippen LogP contribution in [-0.4, -0.2) is 73.4 Å². The van der Waals surface area contributed by atoms with Crippen LogP contribution in [-0.2, 0) is 11.3 Å². The van der Waals surface area contributed by atoms with Crippen LogP contribution in [0.2, 0.25) is 0 Å². The molecular weight excluding hydrogens is 358 g/mol. The number of nitrogens with two attached hydrogens (primary N) is 1. The van der Waals surface area contributed by atoms with Gasteiger partial charge in [0.2, 0.25) is 0 Å². The number of carbonyl (C=O) groups excluding carboxylic acids is 1. The molecule has 2 heterocycles. The number of aliphatic hydroxyl groups is 1. The molecule has 0 saturated carbocycles. The fourth-order valence-corrected chi connectivity index (χ4v) is 4.40. The molecule has 3 N–H and O–H groups in total. The highest BCUT2D eigenvalue weighted by atomic mass is 16.5. The molecule has 28 heavy (non-hydrogen) atoms. The van der Waals surface area contributed by atoms with E-state index in [1.54, 1.807) is 19.1 Å². The zero-order chi connectivity index (χ0) is 20.1. The van der Waals surface area contributed by atoms with Gasteiger partial charge in [0.25, 0.3) is 5.91 Å². The molecule has 7 nitrogen and oxygen atoms in total. The van der Waals surface area contributed by atoms with Crippen molar-refractivity contribution in [2.45, 2.75) is 37.8 Å². The Morgan fingerprint density at radius 2 is 1.96 bits per heavy atom. The number of hydrogen-bond donors (Lipinski definition) is 2. The molecule has 0 spiro atoms. The highest BCUT2D eigenvalue weighted by molar-refractivity contribution is 5.86. The minimum absolute atomic E-state index is 0.190. The maximum atomic E-state index is 13.2. The first-order valence-corrected chi connectivity index (χ1v) is 10.1. The number of β-amino-alcohol motifs (C(OH)–C–C–N with tert-alkyl or cyclic N) is 1. The van der Waals surface area contributed by atoms with Gasteiger partial charge >= 0.3 is 0 Å². The van der Waals surface area contributed by atoms with Crippen LogP contribution in [0.5, 0.6) is 11.5 Å². The Hall–Kier alpha value is -1.83. The van der Waals surface area contributed by atoms with E-state index in [1.165, 1.54) is 0 Å². The van der Waals surface area contributed by atoms with Crippen LogP contribution < -0.4 is 15.2 Å². The maximum absolute atomic E-state index is 13.2. The van der Waals surface area contributed by atoms with Gasteiger partial charge in [-0.1, -0.05) is 12.1 Å². The minimum atomic E-state index is -1.32. The lowest BCUT2D eigenvalue weighted by molar-refractivity contribution is -0.160. The van der Waals surface area contributed by atoms with Crippen LogP contribution >= 0.6 is 0 Å². The van der Waals surface area contributed by atoms with Crippen LogP contribution in [0.1, 0.15) is 31.2 Å². The molecule has 0 aliphatic carbocycles. The number of amides is 1. The predicted octanol–water partition coefficient (Wildman–Crippen LogP) is 1.23. The monoisotopic (exact) mass is 391 g/mol. The fourth-order valence-electron chi connectivity index (χ4n) is 4.40. The van der Waals surface area contributed by atoms with E-state index in [-0.39, 0.29) is 5.91 Å². The molecule has 1 atom stereocenters. The topological polar surface area (TPSA) is 88.3 Å². The van der Waals surface area contributed by atoms with Crippen molar-refractivity contribution in [2.24, 2.45) is 11.7 Å². The third kappa shape index (κ3) is 4.42. The van der Waals surface area contributed by atoms with Gasteiger partial charge in [0, 0.05) is 25.2 Å². The van der Waals surface area contributed by atoms with Crippen LogP contribution in [0, 0.1) is 5.92 Å². The molecule has 2 fully saturated rings. The zero-order valence-electron chi connectivity index (χ0n) is 17.0. The van der Waals surface area contributed by atoms with Crippen molar-refractivity contribution in [1.29, 1.82) is 0 Å². The van der Waals surface area contributed by atoms with E-state index in [1.807, 2.05) is 18.2 Å². The summed E-state index contributed by atoms with van der Waals surface area (Å²) in [5, 5.41) is 11.2. The molecule has 1 aromatic carbocycles. The number of methoxy groups -OCH3 is 2. The smallest absolute Gasteiger partial charge is 0.256 e. The van der Waals surface area contributed by atoms with Crippen molar-refractivity contribution >= 4 is 5.91 Å². The first-order chi connectivity index (χ1) is 13.5. The van der Waals surface area contributed by atoms with Crippen LogP contribution in [0.15, 0.2) is 18.2 Å². The van der Waals surface area contributed by atoms with E-state index >= 15 is 0 Å². The number of likely N-dealkylation sites (tertiary alicyclic amines) is 2. The summed E-state index contributed by atoms with van der Waals surface area (Å²) in [6.45, 7) is 3.93. The Kier molecular flexibility index (Phi) is 6.80. The molecule has 2 aliphatic rings. The fraction of sp³-hybridized carbons (Fsp3) is 0.667. The average molecular weight is 392 g/mol. The Balaban J connectivity index is 1.69. The van der Waals surface area contributed by atoms with Crippen molar-refractivity contribution in [3.8, 4) is 11.5 Å². The molecule has 0 bridgehead atoms. The number of nitrogens with zero attached hydrogens (tertiary/aromatic N) is 2. The highest BCUT2D eigenvalue weighted by Gasteiger charge is 2.43. The Morgan fingerprint density at radius 1 is 1.21 bits per heavy atom. The van der Waals surface area contributed by atoms with Gasteiger partial charge in [0.1, 0.15) is 0 Å². The lowest BCUT2D eigenvalue weighted by atomic mass is 9.89. The summed E-state index contributed by atoms with van der Waals surface area (Å²) in [5.41, 5.74) is 5.33. The van der Waals surface area contributed by atoms with Gasteiger partial charge in [-0.3, -0.25) is 9.69 Å². The highest BCUT2D eigenvalue weighted by Crippen LogP contribution is 2.33. The molecule has 1 aromatic rings. The number of hydrogen-bond acceptors (Lipinski definition) is 6. The van der Waals surface area contributed by atoms with Gasteiger partial charge in [0.05, 0.1) is 14.2 Å². The normalized spacial score (nSPS) is 24.4. The summed E-state index contributed by atoms with van der Waals surface area (Å²) in [7, 11) is 3.20. The van der Waals surface area contributed by atoms with Crippen molar-refractivity contribution in [2.75, 3.05) is 46.9 Å². The molecule has 0 radical (unpaired) electrons. The first kappa shape index (κ1) is 20.9. The molecule has 7 heteroatoms. The molecular formula is C21H33N3O4. The van der Waals surface area contributed by atoms with E-state index in [0.29, 0.717) is 50.0 Å². The first-order valence-electron chi connectivity index (χ1n) is 10.1. The number of piperidine rings is 2. The van der Waals surface area contributed by atoms with Crippen molar-refractivity contribution in [3.05, 3.63) is 23.8 Å². The van der Waals surface area contributed by atoms with Gasteiger partial charge in [-0.05, 0) is 57.3 Å². The molecule has 1 unspecified atom stereocenters. The Labute approximate surface area is 167 Å². The number of benzene rings is 1. The van der Waals surface area contributed by atoms with E-state index in [0.717, 1.165) is 37.9 Å². The third-order valence-corrected chi connectivity index (χ3v) is 6.08. The molecule has 3 rings (SSSR count). The summed E-state index contributed by atoms with van der Waals surface area (Å²) >= 11 is 0. The summed E-state index contributed by atoms with van der Waals surface area (Å²) in [6, 6.07) is 5.65.